The first-order valence-corrected chi connectivity index (χ1v) is 29.7. The summed E-state index contributed by atoms with van der Waals surface area (Å²) in [7, 11) is 0. The molecule has 2 heterocycles. The number of carbonyl (C=O) groups excluding carboxylic acids is 1. The van der Waals surface area contributed by atoms with Crippen LogP contribution in [0.25, 0.3) is 0 Å². The number of aliphatic hydroxyl groups is 8. The van der Waals surface area contributed by atoms with E-state index in [1.54, 1.807) is 6.08 Å². The van der Waals surface area contributed by atoms with E-state index in [0.29, 0.717) is 12.8 Å². The fourth-order valence-corrected chi connectivity index (χ4v) is 9.36. The monoisotopic (exact) mass is 1060 g/mol. The molecule has 2 aliphatic rings. The lowest BCUT2D eigenvalue weighted by molar-refractivity contribution is -0.359. The van der Waals surface area contributed by atoms with Crippen molar-refractivity contribution in [1.29, 1.82) is 0 Å². The minimum Gasteiger partial charge on any atom is -0.394 e. The van der Waals surface area contributed by atoms with E-state index in [0.717, 1.165) is 57.8 Å². The summed E-state index contributed by atoms with van der Waals surface area (Å²) >= 11 is 0. The molecule has 14 heteroatoms. The highest BCUT2D eigenvalue weighted by molar-refractivity contribution is 5.76. The predicted octanol–water partition coefficient (Wildman–Crippen LogP) is 9.94. The van der Waals surface area contributed by atoms with Gasteiger partial charge >= 0.3 is 0 Å². The van der Waals surface area contributed by atoms with Gasteiger partial charge in [0, 0.05) is 6.42 Å². The molecule has 9 N–H and O–H groups in total. The molecule has 2 aliphatic heterocycles. The Morgan fingerprint density at radius 2 is 0.933 bits per heavy atom. The van der Waals surface area contributed by atoms with Gasteiger partial charge in [0.1, 0.15) is 48.8 Å². The number of allylic oxidation sites excluding steroid dienone is 11. The van der Waals surface area contributed by atoms with Gasteiger partial charge in [0.2, 0.25) is 5.91 Å². The molecule has 14 nitrogen and oxygen atoms in total. The molecule has 0 bridgehead atoms. The van der Waals surface area contributed by atoms with Gasteiger partial charge in [-0.05, 0) is 70.6 Å². The third kappa shape index (κ3) is 32.2. The Hall–Kier alpha value is -2.57. The van der Waals surface area contributed by atoms with Crippen molar-refractivity contribution in [3.63, 3.8) is 0 Å². The van der Waals surface area contributed by atoms with Gasteiger partial charge in [-0.25, -0.2) is 0 Å². The van der Waals surface area contributed by atoms with E-state index in [2.05, 4.69) is 79.9 Å². The van der Waals surface area contributed by atoms with E-state index < -0.39 is 86.8 Å². The molecule has 0 aromatic carbocycles. The van der Waals surface area contributed by atoms with Crippen LogP contribution in [0.3, 0.4) is 0 Å². The van der Waals surface area contributed by atoms with Gasteiger partial charge in [0.05, 0.1) is 32.0 Å². The van der Waals surface area contributed by atoms with Crippen molar-refractivity contribution in [2.75, 3.05) is 19.8 Å². The third-order valence-corrected chi connectivity index (χ3v) is 14.1. The van der Waals surface area contributed by atoms with Crippen molar-refractivity contribution in [2.24, 2.45) is 0 Å². The maximum absolute atomic E-state index is 13.2. The number of ether oxygens (including phenoxy) is 4. The number of hydrogen-bond donors (Lipinski definition) is 9. The number of unbranched alkanes of at least 4 members (excludes halogenated alkanes) is 23. The van der Waals surface area contributed by atoms with Gasteiger partial charge < -0.3 is 65.1 Å². The van der Waals surface area contributed by atoms with Crippen molar-refractivity contribution >= 4 is 5.91 Å². The van der Waals surface area contributed by atoms with Gasteiger partial charge in [-0.1, -0.05) is 209 Å². The minimum atomic E-state index is -1.79. The second-order valence-corrected chi connectivity index (χ2v) is 20.7. The number of rotatable bonds is 46. The van der Waals surface area contributed by atoms with Crippen LogP contribution in [0, 0.1) is 0 Å². The molecule has 0 aliphatic carbocycles. The summed E-state index contributed by atoms with van der Waals surface area (Å²) in [5.41, 5.74) is 0. The van der Waals surface area contributed by atoms with Gasteiger partial charge in [-0.3, -0.25) is 4.79 Å². The molecular formula is C61H107NO13. The van der Waals surface area contributed by atoms with Crippen LogP contribution in [0.1, 0.15) is 213 Å². The normalized spacial score (nSPS) is 25.6. The first kappa shape index (κ1) is 68.5. The lowest BCUT2D eigenvalue weighted by Crippen LogP contribution is -2.65. The highest BCUT2D eigenvalue weighted by Crippen LogP contribution is 2.30. The molecule has 12 atom stereocenters. The average Bonchev–Trinajstić information content (AvgIpc) is 3.41. The molecule has 2 fully saturated rings. The molecule has 0 aromatic heterocycles. The molecule has 0 aromatic rings. The second-order valence-electron chi connectivity index (χ2n) is 20.7. The highest BCUT2D eigenvalue weighted by atomic mass is 16.7. The van der Waals surface area contributed by atoms with Crippen LogP contribution in [-0.2, 0) is 23.7 Å². The van der Waals surface area contributed by atoms with Gasteiger partial charge in [0.15, 0.2) is 12.6 Å². The van der Waals surface area contributed by atoms with Crippen molar-refractivity contribution < 1.29 is 64.6 Å². The van der Waals surface area contributed by atoms with Crippen molar-refractivity contribution in [3.8, 4) is 0 Å². The first-order chi connectivity index (χ1) is 36.6. The molecule has 0 radical (unpaired) electrons. The molecule has 2 saturated heterocycles. The van der Waals surface area contributed by atoms with Crippen LogP contribution in [0.5, 0.6) is 0 Å². The highest BCUT2D eigenvalue weighted by Gasteiger charge is 2.51. The zero-order chi connectivity index (χ0) is 54.6. The molecule has 1 amide bonds. The molecule has 434 valence electrons. The van der Waals surface area contributed by atoms with Crippen LogP contribution in [0.15, 0.2) is 72.9 Å². The summed E-state index contributed by atoms with van der Waals surface area (Å²) in [6, 6.07) is -0.934. The van der Waals surface area contributed by atoms with Crippen molar-refractivity contribution in [1.82, 2.24) is 5.32 Å². The second kappa shape index (κ2) is 46.4. The maximum Gasteiger partial charge on any atom is 0.220 e. The van der Waals surface area contributed by atoms with Crippen LogP contribution in [0.4, 0.5) is 0 Å². The summed E-state index contributed by atoms with van der Waals surface area (Å²) in [5.74, 6) is -0.253. The summed E-state index contributed by atoms with van der Waals surface area (Å²) in [4.78, 5) is 13.2. The number of aliphatic hydroxyl groups excluding tert-OH is 8. The quantitative estimate of drug-likeness (QED) is 0.0205. The summed E-state index contributed by atoms with van der Waals surface area (Å²) in [5, 5.41) is 87.0. The minimum absolute atomic E-state index is 0.253. The third-order valence-electron chi connectivity index (χ3n) is 14.1. The van der Waals surface area contributed by atoms with Crippen molar-refractivity contribution in [3.05, 3.63) is 72.9 Å². The van der Waals surface area contributed by atoms with E-state index in [4.69, 9.17) is 18.9 Å². The maximum atomic E-state index is 13.2. The Bertz CT molecular complexity index is 1530. The number of hydrogen-bond acceptors (Lipinski definition) is 13. The van der Waals surface area contributed by atoms with Crippen LogP contribution in [0.2, 0.25) is 0 Å². The van der Waals surface area contributed by atoms with Gasteiger partial charge in [-0.15, -0.1) is 0 Å². The first-order valence-electron chi connectivity index (χ1n) is 29.7. The van der Waals surface area contributed by atoms with E-state index >= 15 is 0 Å². The summed E-state index contributed by atoms with van der Waals surface area (Å²) < 4.78 is 22.7. The van der Waals surface area contributed by atoms with Crippen molar-refractivity contribution in [2.45, 2.75) is 286 Å². The Kier molecular flexibility index (Phi) is 42.4. The lowest BCUT2D eigenvalue weighted by Gasteiger charge is -2.46. The SMILES string of the molecule is CC/C=C\C/C=C\C/C=C\C/C=C\CCCCCCCCCCCCCCCCC(=O)NC(COC1OC(CO)C(OC2OC(CO)C(O)C(O)C2O)C(O)C1O)C(O)/C=C/CC/C=C/CCCCCCCCCC. The van der Waals surface area contributed by atoms with E-state index in [1.807, 2.05) is 6.08 Å². The topological polar surface area (TPSA) is 228 Å². The molecule has 0 saturated carbocycles. The van der Waals surface area contributed by atoms with Crippen LogP contribution in [-0.4, -0.2) is 140 Å². The van der Waals surface area contributed by atoms with Gasteiger partial charge in [0.25, 0.3) is 0 Å². The number of amides is 1. The number of carbonyl (C=O) groups is 1. The molecule has 2 rings (SSSR count). The average molecular weight is 1060 g/mol. The molecular weight excluding hydrogens is 955 g/mol. The fourth-order valence-electron chi connectivity index (χ4n) is 9.36. The summed E-state index contributed by atoms with van der Waals surface area (Å²) in [6.45, 7) is 2.65. The summed E-state index contributed by atoms with van der Waals surface area (Å²) in [6.07, 6.45) is 43.7. The predicted molar refractivity (Wildman–Crippen MR) is 300 cm³/mol. The zero-order valence-corrected chi connectivity index (χ0v) is 46.5. The molecule has 12 unspecified atom stereocenters. The lowest BCUT2D eigenvalue weighted by atomic mass is 9.97. The van der Waals surface area contributed by atoms with E-state index in [-0.39, 0.29) is 18.9 Å². The molecule has 0 spiro atoms. The standard InChI is InChI=1S/C61H107NO13/c1-3-5-7-9-11-13-15-17-19-20-21-22-23-24-25-26-27-28-29-30-31-33-35-37-39-41-43-45-53(66)62-49(50(65)44-42-40-38-36-34-32-18-16-14-12-10-8-6-4-2)48-72-60-58(71)56(69)59(52(47-64)74-60)75-61-57(70)55(68)54(67)51(46-63)73-61/h5,7,11,13,17,19,21-22,34,36,42,44,49-52,54-61,63-65,67-71H,3-4,6,8-10,12,14-16,18,20,23-33,35,37-41,43,45-48H2,1-2H3,(H,62,66)/b7-5-,13-11-,19-17-,22-21-,36-34+,44-42+. The van der Waals surface area contributed by atoms with E-state index in [1.165, 1.54) is 122 Å². The fraction of sp³-hybridized carbons (Fsp3) is 0.787. The number of nitrogens with one attached hydrogen (secondary N) is 1. The van der Waals surface area contributed by atoms with Crippen LogP contribution >= 0.6 is 0 Å². The zero-order valence-electron chi connectivity index (χ0n) is 46.5. The Labute approximate surface area is 453 Å². The van der Waals surface area contributed by atoms with Crippen LogP contribution < -0.4 is 5.32 Å². The molecule has 75 heavy (non-hydrogen) atoms. The largest absolute Gasteiger partial charge is 0.394 e. The Balaban J connectivity index is 1.73. The Morgan fingerprint density at radius 1 is 0.493 bits per heavy atom. The van der Waals surface area contributed by atoms with E-state index in [9.17, 15) is 45.6 Å². The Morgan fingerprint density at radius 3 is 1.47 bits per heavy atom. The van der Waals surface area contributed by atoms with Gasteiger partial charge in [-0.2, -0.15) is 0 Å². The smallest absolute Gasteiger partial charge is 0.220 e.